The first-order chi connectivity index (χ1) is 7.89. The quantitative estimate of drug-likeness (QED) is 0.857. The molecule has 0 spiro atoms. The number of methoxy groups -OCH3 is 1. The van der Waals surface area contributed by atoms with Crippen LogP contribution in [0.25, 0.3) is 0 Å². The third kappa shape index (κ3) is 3.03. The Bertz CT molecular complexity index is 445. The summed E-state index contributed by atoms with van der Waals surface area (Å²) in [6.07, 6.45) is 1.56. The van der Waals surface area contributed by atoms with E-state index in [1.165, 1.54) is 21.0 Å². The van der Waals surface area contributed by atoms with Crippen LogP contribution in [0.5, 0.6) is 5.88 Å². The van der Waals surface area contributed by atoms with Crippen molar-refractivity contribution < 1.29 is 18.8 Å². The van der Waals surface area contributed by atoms with Crippen LogP contribution in [0, 0.1) is 0 Å². The maximum absolute atomic E-state index is 12.0. The van der Waals surface area contributed by atoms with Crippen molar-refractivity contribution in [3.63, 3.8) is 0 Å². The third-order valence-electron chi connectivity index (χ3n) is 2.41. The van der Waals surface area contributed by atoms with Gasteiger partial charge in [-0.1, -0.05) is 6.07 Å². The van der Waals surface area contributed by atoms with Crippen LogP contribution >= 0.6 is 0 Å². The van der Waals surface area contributed by atoms with Crippen molar-refractivity contribution in [1.29, 1.82) is 0 Å². The van der Waals surface area contributed by atoms with E-state index in [2.05, 4.69) is 4.98 Å². The van der Waals surface area contributed by atoms with Gasteiger partial charge in [0, 0.05) is 22.6 Å². The highest BCUT2D eigenvalue weighted by atomic mass is 32.2. The van der Waals surface area contributed by atoms with Crippen molar-refractivity contribution >= 4 is 16.8 Å². The number of pyridine rings is 1. The lowest BCUT2D eigenvalue weighted by Crippen LogP contribution is -2.37. The molecule has 0 aromatic carbocycles. The van der Waals surface area contributed by atoms with Gasteiger partial charge in [-0.3, -0.25) is 9.00 Å². The molecule has 1 unspecified atom stereocenters. The highest BCUT2D eigenvalue weighted by Crippen LogP contribution is 2.22. The summed E-state index contributed by atoms with van der Waals surface area (Å²) >= 11 is 0. The Kier molecular flexibility index (Phi) is 4.22. The van der Waals surface area contributed by atoms with Gasteiger partial charge in [-0.25, -0.2) is 4.98 Å². The summed E-state index contributed by atoms with van der Waals surface area (Å²) in [4.78, 5) is 14.9. The SMILES string of the molecule is COc1ncccc1CS(=O)C(C)(C)C(=O)O. The van der Waals surface area contributed by atoms with Gasteiger partial charge >= 0.3 is 5.97 Å². The number of ether oxygens (including phenoxy) is 1. The van der Waals surface area contributed by atoms with E-state index in [-0.39, 0.29) is 5.75 Å². The molecule has 6 heteroatoms. The summed E-state index contributed by atoms with van der Waals surface area (Å²) in [5.74, 6) is -0.600. The molecule has 1 aromatic rings. The molecular weight excluding hydrogens is 242 g/mol. The lowest BCUT2D eigenvalue weighted by molar-refractivity contribution is -0.139. The van der Waals surface area contributed by atoms with E-state index in [1.54, 1.807) is 18.3 Å². The van der Waals surface area contributed by atoms with E-state index in [0.717, 1.165) is 0 Å². The Balaban J connectivity index is 2.92. The molecule has 0 saturated carbocycles. The fraction of sp³-hybridized carbons (Fsp3) is 0.455. The molecule has 1 aromatic heterocycles. The highest BCUT2D eigenvalue weighted by molar-refractivity contribution is 7.86. The molecule has 0 aliphatic rings. The zero-order valence-electron chi connectivity index (χ0n) is 9.97. The van der Waals surface area contributed by atoms with E-state index in [9.17, 15) is 9.00 Å². The second kappa shape index (κ2) is 5.27. The van der Waals surface area contributed by atoms with Gasteiger partial charge in [-0.05, 0) is 19.9 Å². The van der Waals surface area contributed by atoms with Crippen LogP contribution < -0.4 is 4.74 Å². The lowest BCUT2D eigenvalue weighted by Gasteiger charge is -2.18. The molecule has 94 valence electrons. The first-order valence-corrected chi connectivity index (χ1v) is 6.31. The zero-order chi connectivity index (χ0) is 13.1. The average Bonchev–Trinajstić information content (AvgIpc) is 2.29. The predicted octanol–water partition coefficient (Wildman–Crippen LogP) is 1.20. The lowest BCUT2D eigenvalue weighted by atomic mass is 10.2. The van der Waals surface area contributed by atoms with E-state index < -0.39 is 21.5 Å². The van der Waals surface area contributed by atoms with Gasteiger partial charge in [0.2, 0.25) is 5.88 Å². The van der Waals surface area contributed by atoms with E-state index in [1.807, 2.05) is 0 Å². The van der Waals surface area contributed by atoms with Gasteiger partial charge in [0.25, 0.3) is 0 Å². The molecule has 0 bridgehead atoms. The van der Waals surface area contributed by atoms with Gasteiger partial charge in [0.15, 0.2) is 0 Å². The van der Waals surface area contributed by atoms with Gasteiger partial charge in [-0.15, -0.1) is 0 Å². The summed E-state index contributed by atoms with van der Waals surface area (Å²) in [7, 11) is -0.0735. The fourth-order valence-corrected chi connectivity index (χ4v) is 2.19. The predicted molar refractivity (Wildman–Crippen MR) is 64.4 cm³/mol. The number of aromatic nitrogens is 1. The van der Waals surface area contributed by atoms with E-state index in [4.69, 9.17) is 9.84 Å². The van der Waals surface area contributed by atoms with Crippen molar-refractivity contribution in [3.05, 3.63) is 23.9 Å². The van der Waals surface area contributed by atoms with Crippen LogP contribution in [0.3, 0.4) is 0 Å². The summed E-state index contributed by atoms with van der Waals surface area (Å²) in [6, 6.07) is 3.42. The first-order valence-electron chi connectivity index (χ1n) is 4.99. The first kappa shape index (κ1) is 13.6. The molecule has 0 fully saturated rings. The number of rotatable bonds is 5. The second-order valence-electron chi connectivity index (χ2n) is 3.98. The Morgan fingerprint density at radius 3 is 2.76 bits per heavy atom. The summed E-state index contributed by atoms with van der Waals surface area (Å²) in [6.45, 7) is 2.88. The Labute approximate surface area is 102 Å². The molecule has 0 saturated heterocycles. The molecule has 1 heterocycles. The molecular formula is C11H15NO4S. The Morgan fingerprint density at radius 2 is 2.24 bits per heavy atom. The maximum atomic E-state index is 12.0. The van der Waals surface area contributed by atoms with Crippen molar-refractivity contribution in [3.8, 4) is 5.88 Å². The van der Waals surface area contributed by atoms with Crippen LogP contribution in [-0.4, -0.2) is 32.1 Å². The monoisotopic (exact) mass is 257 g/mol. The fourth-order valence-electron chi connectivity index (χ4n) is 1.14. The largest absolute Gasteiger partial charge is 0.481 e. The molecule has 0 aliphatic carbocycles. The number of carboxylic acid groups (broad SMARTS) is 1. The summed E-state index contributed by atoms with van der Waals surface area (Å²) in [5, 5.41) is 8.98. The van der Waals surface area contributed by atoms with Crippen molar-refractivity contribution in [2.24, 2.45) is 0 Å². The van der Waals surface area contributed by atoms with Crippen molar-refractivity contribution in [1.82, 2.24) is 4.98 Å². The van der Waals surface area contributed by atoms with Gasteiger partial charge in [-0.2, -0.15) is 0 Å². The van der Waals surface area contributed by atoms with Gasteiger partial charge in [0.1, 0.15) is 4.75 Å². The molecule has 17 heavy (non-hydrogen) atoms. The van der Waals surface area contributed by atoms with Crippen LogP contribution in [0.1, 0.15) is 19.4 Å². The third-order valence-corrected chi connectivity index (χ3v) is 4.30. The number of nitrogens with zero attached hydrogens (tertiary/aromatic N) is 1. The zero-order valence-corrected chi connectivity index (χ0v) is 10.8. The van der Waals surface area contributed by atoms with Crippen LogP contribution in [-0.2, 0) is 21.3 Å². The number of carboxylic acids is 1. The molecule has 1 rings (SSSR count). The number of hydrogen-bond acceptors (Lipinski definition) is 4. The van der Waals surface area contributed by atoms with Gasteiger partial charge < -0.3 is 9.84 Å². The molecule has 0 aliphatic heterocycles. The summed E-state index contributed by atoms with van der Waals surface area (Å²) < 4.78 is 15.7. The van der Waals surface area contributed by atoms with Crippen LogP contribution in [0.2, 0.25) is 0 Å². The minimum Gasteiger partial charge on any atom is -0.481 e. The smallest absolute Gasteiger partial charge is 0.321 e. The van der Waals surface area contributed by atoms with Crippen molar-refractivity contribution in [2.75, 3.05) is 7.11 Å². The minimum atomic E-state index is -1.54. The maximum Gasteiger partial charge on any atom is 0.321 e. The minimum absolute atomic E-state index is 0.107. The highest BCUT2D eigenvalue weighted by Gasteiger charge is 2.34. The van der Waals surface area contributed by atoms with Crippen molar-refractivity contribution in [2.45, 2.75) is 24.3 Å². The summed E-state index contributed by atoms with van der Waals surface area (Å²) in [5.41, 5.74) is 0.641. The van der Waals surface area contributed by atoms with Crippen LogP contribution in [0.4, 0.5) is 0 Å². The average molecular weight is 257 g/mol. The molecule has 0 amide bonds. The molecule has 1 N–H and O–H groups in total. The van der Waals surface area contributed by atoms with E-state index in [0.29, 0.717) is 11.4 Å². The Morgan fingerprint density at radius 1 is 1.59 bits per heavy atom. The molecule has 0 radical (unpaired) electrons. The topological polar surface area (TPSA) is 76.5 Å². The molecule has 5 nitrogen and oxygen atoms in total. The number of hydrogen-bond donors (Lipinski definition) is 1. The number of aliphatic carboxylic acids is 1. The number of carbonyl (C=O) groups is 1. The van der Waals surface area contributed by atoms with Gasteiger partial charge in [0.05, 0.1) is 12.9 Å². The second-order valence-corrected chi connectivity index (χ2v) is 5.98. The standard InChI is InChI=1S/C11H15NO4S/c1-11(2,10(13)14)17(15)7-8-5-4-6-12-9(8)16-3/h4-6H,7H2,1-3H3,(H,13,14). The Hall–Kier alpha value is -1.43. The van der Waals surface area contributed by atoms with E-state index >= 15 is 0 Å². The van der Waals surface area contributed by atoms with Crippen LogP contribution in [0.15, 0.2) is 18.3 Å². The normalized spacial score (nSPS) is 13.1. The molecule has 1 atom stereocenters.